The van der Waals surface area contributed by atoms with E-state index in [1.165, 1.54) is 11.3 Å². The molecule has 0 spiro atoms. The summed E-state index contributed by atoms with van der Waals surface area (Å²) in [5, 5.41) is 1.77. The Kier molecular flexibility index (Phi) is 2.11. The molecule has 0 N–H and O–H groups in total. The molecule has 0 aliphatic carbocycles. The first kappa shape index (κ1) is 6.33. The molecule has 43 valence electrons. The Morgan fingerprint density at radius 1 is 1.75 bits per heavy atom. The Hall–Kier alpha value is 0.210. The maximum Gasteiger partial charge on any atom is 0.152 e. The predicted molar refractivity (Wildman–Crippen MR) is 35.4 cm³/mol. The maximum absolute atomic E-state index is 5.43. The standard InChI is InChI=1S/C4H2Cl2NS/c5-4(6)3-1-8-2-7-3/h1,4H. The quantitative estimate of drug-likeness (QED) is 0.585. The Labute approximate surface area is 61.3 Å². The van der Waals surface area contributed by atoms with E-state index in [2.05, 4.69) is 10.5 Å². The second-order valence-corrected chi connectivity index (χ2v) is 2.91. The van der Waals surface area contributed by atoms with Crippen LogP contribution < -0.4 is 0 Å². The van der Waals surface area contributed by atoms with Crippen LogP contribution in [0.3, 0.4) is 0 Å². The highest BCUT2D eigenvalue weighted by atomic mass is 35.5. The molecule has 0 saturated carbocycles. The molecule has 0 fully saturated rings. The zero-order chi connectivity index (χ0) is 5.98. The van der Waals surface area contributed by atoms with Crippen molar-refractivity contribution in [1.29, 1.82) is 0 Å². The van der Waals surface area contributed by atoms with Crippen LogP contribution in [0.1, 0.15) is 10.5 Å². The first-order valence-corrected chi connectivity index (χ1v) is 3.65. The van der Waals surface area contributed by atoms with Gasteiger partial charge in [0.25, 0.3) is 0 Å². The van der Waals surface area contributed by atoms with Gasteiger partial charge in [-0.25, -0.2) is 4.98 Å². The Bertz CT molecular complexity index is 149. The van der Waals surface area contributed by atoms with Gasteiger partial charge in [0, 0.05) is 5.38 Å². The topological polar surface area (TPSA) is 12.9 Å². The molecule has 0 aliphatic rings. The van der Waals surface area contributed by atoms with Gasteiger partial charge in [-0.2, -0.15) is 0 Å². The summed E-state index contributed by atoms with van der Waals surface area (Å²) in [6.45, 7) is 0. The van der Waals surface area contributed by atoms with Gasteiger partial charge in [-0.15, -0.1) is 11.3 Å². The SMILES string of the molecule is ClC(Cl)c1cs[c]n1. The number of aromatic nitrogens is 1. The summed E-state index contributed by atoms with van der Waals surface area (Å²) in [7, 11) is 0. The van der Waals surface area contributed by atoms with Crippen molar-refractivity contribution in [3.05, 3.63) is 16.6 Å². The lowest BCUT2D eigenvalue weighted by Gasteiger charge is -1.88. The van der Waals surface area contributed by atoms with Crippen molar-refractivity contribution >= 4 is 34.5 Å². The number of rotatable bonds is 1. The Morgan fingerprint density at radius 2 is 2.50 bits per heavy atom. The molecule has 0 bridgehead atoms. The summed E-state index contributed by atoms with van der Waals surface area (Å²) >= 11 is 12.2. The summed E-state index contributed by atoms with van der Waals surface area (Å²) in [6.07, 6.45) is 0. The summed E-state index contributed by atoms with van der Waals surface area (Å²) in [4.78, 5) is 3.24. The zero-order valence-electron chi connectivity index (χ0n) is 3.77. The first-order valence-electron chi connectivity index (χ1n) is 1.90. The number of thiazole rings is 1. The van der Waals surface area contributed by atoms with E-state index in [9.17, 15) is 0 Å². The number of hydrogen-bond donors (Lipinski definition) is 0. The number of halogens is 2. The molecule has 0 atom stereocenters. The Balaban J connectivity index is 2.77. The van der Waals surface area contributed by atoms with E-state index >= 15 is 0 Å². The molecule has 1 aromatic rings. The third kappa shape index (κ3) is 1.34. The van der Waals surface area contributed by atoms with Crippen LogP contribution in [0, 0.1) is 5.51 Å². The minimum atomic E-state index is -0.502. The van der Waals surface area contributed by atoms with E-state index in [4.69, 9.17) is 23.2 Å². The molecule has 0 saturated heterocycles. The second kappa shape index (κ2) is 2.67. The largest absolute Gasteiger partial charge is 0.236 e. The summed E-state index contributed by atoms with van der Waals surface area (Å²) in [5.41, 5.74) is 3.31. The van der Waals surface area contributed by atoms with Crippen molar-refractivity contribution in [2.24, 2.45) is 0 Å². The van der Waals surface area contributed by atoms with Crippen molar-refractivity contribution in [3.8, 4) is 0 Å². The van der Waals surface area contributed by atoms with Crippen molar-refractivity contribution < 1.29 is 0 Å². The highest BCUT2D eigenvalue weighted by Crippen LogP contribution is 2.23. The van der Waals surface area contributed by atoms with Gasteiger partial charge < -0.3 is 0 Å². The maximum atomic E-state index is 5.43. The van der Waals surface area contributed by atoms with Gasteiger partial charge in [-0.05, 0) is 0 Å². The minimum absolute atomic E-state index is 0.502. The molecule has 1 nitrogen and oxygen atoms in total. The van der Waals surface area contributed by atoms with Crippen LogP contribution in [0.15, 0.2) is 5.38 Å². The summed E-state index contributed by atoms with van der Waals surface area (Å²) < 4.78 is 0. The molecule has 0 aromatic carbocycles. The van der Waals surface area contributed by atoms with Crippen LogP contribution in [-0.4, -0.2) is 4.98 Å². The lowest BCUT2D eigenvalue weighted by atomic mass is 10.6. The fourth-order valence-electron chi connectivity index (χ4n) is 0.292. The zero-order valence-corrected chi connectivity index (χ0v) is 6.09. The van der Waals surface area contributed by atoms with Gasteiger partial charge in [0.1, 0.15) is 4.84 Å². The van der Waals surface area contributed by atoms with Gasteiger partial charge >= 0.3 is 0 Å². The normalized spacial score (nSPS) is 10.4. The van der Waals surface area contributed by atoms with Crippen LogP contribution in [-0.2, 0) is 0 Å². The fourth-order valence-corrected chi connectivity index (χ4v) is 1.19. The number of hydrogen-bond acceptors (Lipinski definition) is 2. The summed E-state index contributed by atoms with van der Waals surface area (Å²) in [6, 6.07) is 0. The summed E-state index contributed by atoms with van der Waals surface area (Å²) in [5.74, 6) is 0. The highest BCUT2D eigenvalue weighted by Gasteiger charge is 2.02. The molecule has 1 radical (unpaired) electrons. The van der Waals surface area contributed by atoms with Crippen LogP contribution >= 0.6 is 34.5 Å². The van der Waals surface area contributed by atoms with Gasteiger partial charge in [-0.3, -0.25) is 0 Å². The first-order chi connectivity index (χ1) is 3.80. The van der Waals surface area contributed by atoms with Gasteiger partial charge in [0.05, 0.1) is 5.69 Å². The smallest absolute Gasteiger partial charge is 0.152 e. The third-order valence-corrected chi connectivity index (χ3v) is 1.63. The van der Waals surface area contributed by atoms with Crippen LogP contribution in [0.4, 0.5) is 0 Å². The molecular weight excluding hydrogens is 165 g/mol. The van der Waals surface area contributed by atoms with Gasteiger partial charge in [0.15, 0.2) is 5.51 Å². The molecule has 4 heteroatoms. The van der Waals surface area contributed by atoms with Gasteiger partial charge in [0.2, 0.25) is 0 Å². The molecule has 1 aromatic heterocycles. The molecule has 1 rings (SSSR count). The molecule has 8 heavy (non-hydrogen) atoms. The van der Waals surface area contributed by atoms with Crippen molar-refractivity contribution in [2.75, 3.05) is 0 Å². The van der Waals surface area contributed by atoms with E-state index in [0.29, 0.717) is 5.69 Å². The van der Waals surface area contributed by atoms with E-state index in [1.54, 1.807) is 5.38 Å². The van der Waals surface area contributed by atoms with E-state index in [-0.39, 0.29) is 0 Å². The number of alkyl halides is 2. The second-order valence-electron chi connectivity index (χ2n) is 1.16. The molecule has 1 heterocycles. The van der Waals surface area contributed by atoms with Crippen LogP contribution in [0.2, 0.25) is 0 Å². The van der Waals surface area contributed by atoms with Crippen LogP contribution in [0.5, 0.6) is 0 Å². The van der Waals surface area contributed by atoms with Gasteiger partial charge in [-0.1, -0.05) is 23.2 Å². The van der Waals surface area contributed by atoms with E-state index in [0.717, 1.165) is 0 Å². The molecule has 0 amide bonds. The van der Waals surface area contributed by atoms with E-state index in [1.807, 2.05) is 0 Å². The third-order valence-electron chi connectivity index (χ3n) is 0.631. The van der Waals surface area contributed by atoms with Crippen LogP contribution in [0.25, 0.3) is 0 Å². The van der Waals surface area contributed by atoms with Crippen molar-refractivity contribution in [1.82, 2.24) is 4.98 Å². The number of nitrogens with zero attached hydrogens (tertiary/aromatic N) is 1. The predicted octanol–water partition coefficient (Wildman–Crippen LogP) is 2.42. The molecule has 0 unspecified atom stereocenters. The average molecular weight is 167 g/mol. The molecular formula is C4H2Cl2NS. The highest BCUT2D eigenvalue weighted by molar-refractivity contribution is 7.07. The Morgan fingerprint density at radius 3 is 2.75 bits per heavy atom. The fraction of sp³-hybridized carbons (Fsp3) is 0.250. The monoisotopic (exact) mass is 166 g/mol. The average Bonchev–Trinajstić information content (AvgIpc) is 2.12. The lowest BCUT2D eigenvalue weighted by Crippen LogP contribution is -1.76. The van der Waals surface area contributed by atoms with E-state index < -0.39 is 4.84 Å². The lowest BCUT2D eigenvalue weighted by molar-refractivity contribution is 1.19. The minimum Gasteiger partial charge on any atom is -0.236 e. The van der Waals surface area contributed by atoms with Crippen molar-refractivity contribution in [3.63, 3.8) is 0 Å². The molecule has 0 aliphatic heterocycles. The van der Waals surface area contributed by atoms with Crippen molar-refractivity contribution in [2.45, 2.75) is 4.84 Å².